The first kappa shape index (κ1) is 17.6. The summed E-state index contributed by atoms with van der Waals surface area (Å²) in [7, 11) is 1.78. The maximum atomic E-state index is 4.69. The van der Waals surface area contributed by atoms with E-state index in [0.29, 0.717) is 6.54 Å². The van der Waals surface area contributed by atoms with Crippen LogP contribution in [0.1, 0.15) is 20.6 Å². The van der Waals surface area contributed by atoms with Gasteiger partial charge in [-0.3, -0.25) is 4.99 Å². The first-order valence-electron chi connectivity index (χ1n) is 8.03. The maximum Gasteiger partial charge on any atom is 0.191 e. The molecule has 5 nitrogen and oxygen atoms in total. The zero-order valence-corrected chi connectivity index (χ0v) is 16.2. The van der Waals surface area contributed by atoms with Crippen molar-refractivity contribution in [1.82, 2.24) is 20.6 Å². The summed E-state index contributed by atoms with van der Waals surface area (Å²) in [5.74, 6) is 0.766. The molecule has 0 aliphatic heterocycles. The minimum atomic E-state index is 0.651. The van der Waals surface area contributed by atoms with Gasteiger partial charge in [-0.1, -0.05) is 30.3 Å². The van der Waals surface area contributed by atoms with Crippen molar-refractivity contribution in [3.8, 4) is 11.3 Å². The Morgan fingerprint density at radius 1 is 1.08 bits per heavy atom. The molecule has 0 unspecified atom stereocenters. The number of hydrogen-bond acceptors (Lipinski definition) is 5. The normalized spacial score (nSPS) is 11.6. The van der Waals surface area contributed by atoms with E-state index in [-0.39, 0.29) is 0 Å². The van der Waals surface area contributed by atoms with Crippen LogP contribution in [-0.2, 0) is 13.1 Å². The molecule has 130 valence electrons. The fourth-order valence-corrected chi connectivity index (χ4v) is 4.03. The Morgan fingerprint density at radius 2 is 1.84 bits per heavy atom. The predicted octanol–water partition coefficient (Wildman–Crippen LogP) is 3.75. The lowest BCUT2D eigenvalue weighted by Gasteiger charge is -2.10. The van der Waals surface area contributed by atoms with Crippen LogP contribution in [0.15, 0.2) is 40.7 Å². The lowest BCUT2D eigenvalue weighted by molar-refractivity contribution is 0.808. The topological polar surface area (TPSA) is 62.2 Å². The van der Waals surface area contributed by atoms with Crippen LogP contribution < -0.4 is 10.6 Å². The van der Waals surface area contributed by atoms with E-state index in [0.717, 1.165) is 39.5 Å². The van der Waals surface area contributed by atoms with Crippen LogP contribution in [0.5, 0.6) is 0 Å². The molecule has 0 radical (unpaired) electrons. The number of guanidine groups is 1. The molecule has 0 aliphatic rings. The molecule has 1 aromatic carbocycles. The summed E-state index contributed by atoms with van der Waals surface area (Å²) in [6.07, 6.45) is 0. The lowest BCUT2D eigenvalue weighted by atomic mass is 10.2. The predicted molar refractivity (Wildman–Crippen MR) is 106 cm³/mol. The van der Waals surface area contributed by atoms with Gasteiger partial charge in [0.05, 0.1) is 29.5 Å². The largest absolute Gasteiger partial charge is 0.351 e. The third-order valence-electron chi connectivity index (χ3n) is 3.67. The van der Waals surface area contributed by atoms with E-state index < -0.39 is 0 Å². The number of thiazole rings is 2. The summed E-state index contributed by atoms with van der Waals surface area (Å²) < 4.78 is 0. The molecule has 0 spiro atoms. The van der Waals surface area contributed by atoms with Gasteiger partial charge >= 0.3 is 0 Å². The Hall–Kier alpha value is -2.25. The molecular weight excluding hydrogens is 350 g/mol. The Morgan fingerprint density at radius 3 is 2.52 bits per heavy atom. The number of hydrogen-bond donors (Lipinski definition) is 2. The highest BCUT2D eigenvalue weighted by atomic mass is 32.1. The van der Waals surface area contributed by atoms with E-state index in [1.54, 1.807) is 29.7 Å². The second-order valence-corrected chi connectivity index (χ2v) is 7.74. The minimum Gasteiger partial charge on any atom is -0.351 e. The molecule has 0 atom stereocenters. The molecule has 3 aromatic rings. The number of benzene rings is 1. The number of nitrogens with one attached hydrogen (secondary N) is 2. The van der Waals surface area contributed by atoms with Gasteiger partial charge in [0.2, 0.25) is 0 Å². The molecule has 2 heterocycles. The van der Waals surface area contributed by atoms with E-state index in [4.69, 9.17) is 0 Å². The number of aromatic nitrogens is 2. The summed E-state index contributed by atoms with van der Waals surface area (Å²) in [6.45, 7) is 5.44. The van der Waals surface area contributed by atoms with Crippen LogP contribution in [0, 0.1) is 13.8 Å². The number of nitrogens with zero attached hydrogens (tertiary/aromatic N) is 3. The van der Waals surface area contributed by atoms with Crippen molar-refractivity contribution in [2.75, 3.05) is 7.05 Å². The van der Waals surface area contributed by atoms with Crippen molar-refractivity contribution in [3.05, 3.63) is 56.3 Å². The molecule has 3 rings (SSSR count). The lowest BCUT2D eigenvalue weighted by Crippen LogP contribution is -2.36. The minimum absolute atomic E-state index is 0.651. The third kappa shape index (κ3) is 4.64. The van der Waals surface area contributed by atoms with Crippen LogP contribution in [0.2, 0.25) is 0 Å². The molecule has 0 bridgehead atoms. The van der Waals surface area contributed by atoms with Gasteiger partial charge in [-0.15, -0.1) is 22.7 Å². The van der Waals surface area contributed by atoms with Crippen LogP contribution in [0.3, 0.4) is 0 Å². The Balaban J connectivity index is 1.55. The zero-order valence-electron chi connectivity index (χ0n) is 14.5. The van der Waals surface area contributed by atoms with Gasteiger partial charge in [-0.05, 0) is 13.8 Å². The van der Waals surface area contributed by atoms with Crippen molar-refractivity contribution in [1.29, 1.82) is 0 Å². The van der Waals surface area contributed by atoms with Crippen LogP contribution in [-0.4, -0.2) is 23.0 Å². The van der Waals surface area contributed by atoms with Gasteiger partial charge in [-0.25, -0.2) is 9.97 Å². The molecule has 0 saturated heterocycles. The second-order valence-electron chi connectivity index (χ2n) is 5.51. The number of aryl methyl sites for hydroxylation is 2. The zero-order chi connectivity index (χ0) is 17.6. The molecule has 0 amide bonds. The van der Waals surface area contributed by atoms with Crippen molar-refractivity contribution < 1.29 is 0 Å². The van der Waals surface area contributed by atoms with E-state index in [1.165, 1.54) is 4.88 Å². The van der Waals surface area contributed by atoms with Gasteiger partial charge in [0.15, 0.2) is 5.96 Å². The summed E-state index contributed by atoms with van der Waals surface area (Å²) in [5, 5.41) is 10.9. The standard InChI is InChI=1S/C18H21N5S2/c1-12-16(25-13(2)22-12)9-20-18(19-3)21-10-17-23-15(11-24-17)14-7-5-4-6-8-14/h4-8,11H,9-10H2,1-3H3,(H2,19,20,21). The molecule has 0 fully saturated rings. The highest BCUT2D eigenvalue weighted by molar-refractivity contribution is 7.11. The van der Waals surface area contributed by atoms with E-state index in [1.807, 2.05) is 32.0 Å². The smallest absolute Gasteiger partial charge is 0.191 e. The summed E-state index contributed by atoms with van der Waals surface area (Å²) >= 11 is 3.37. The first-order chi connectivity index (χ1) is 12.2. The molecule has 0 aliphatic carbocycles. The Kier molecular flexibility index (Phi) is 5.78. The fraction of sp³-hybridized carbons (Fsp3) is 0.278. The van der Waals surface area contributed by atoms with Crippen molar-refractivity contribution in [3.63, 3.8) is 0 Å². The van der Waals surface area contributed by atoms with Crippen molar-refractivity contribution in [2.24, 2.45) is 4.99 Å². The number of rotatable bonds is 5. The third-order valence-corrected chi connectivity index (χ3v) is 5.59. The molecule has 7 heteroatoms. The van der Waals surface area contributed by atoms with Crippen LogP contribution >= 0.6 is 22.7 Å². The quantitative estimate of drug-likeness (QED) is 0.530. The van der Waals surface area contributed by atoms with Gasteiger partial charge in [-0.2, -0.15) is 0 Å². The second kappa shape index (κ2) is 8.22. The highest BCUT2D eigenvalue weighted by Crippen LogP contribution is 2.21. The summed E-state index contributed by atoms with van der Waals surface area (Å²) in [6, 6.07) is 10.2. The van der Waals surface area contributed by atoms with Gasteiger partial charge in [0.25, 0.3) is 0 Å². The van der Waals surface area contributed by atoms with Crippen LogP contribution in [0.4, 0.5) is 0 Å². The SMILES string of the molecule is CN=C(NCc1nc(-c2ccccc2)cs1)NCc1sc(C)nc1C. The monoisotopic (exact) mass is 371 g/mol. The van der Waals surface area contributed by atoms with E-state index in [9.17, 15) is 0 Å². The number of aliphatic imine (C=N–C) groups is 1. The van der Waals surface area contributed by atoms with Gasteiger partial charge < -0.3 is 10.6 Å². The molecule has 0 saturated carbocycles. The molecule has 25 heavy (non-hydrogen) atoms. The Labute approximate surface area is 155 Å². The average molecular weight is 372 g/mol. The first-order valence-corrected chi connectivity index (χ1v) is 9.72. The maximum absolute atomic E-state index is 4.69. The van der Waals surface area contributed by atoms with Crippen LogP contribution in [0.25, 0.3) is 11.3 Å². The molecule has 2 aromatic heterocycles. The van der Waals surface area contributed by atoms with Crippen molar-refractivity contribution in [2.45, 2.75) is 26.9 Å². The highest BCUT2D eigenvalue weighted by Gasteiger charge is 2.07. The van der Waals surface area contributed by atoms with Gasteiger partial charge in [0.1, 0.15) is 5.01 Å². The molecule has 2 N–H and O–H groups in total. The summed E-state index contributed by atoms with van der Waals surface area (Å²) in [4.78, 5) is 14.6. The summed E-state index contributed by atoms with van der Waals surface area (Å²) in [5.41, 5.74) is 3.24. The average Bonchev–Trinajstić information content (AvgIpc) is 3.22. The Bertz CT molecular complexity index is 851. The van der Waals surface area contributed by atoms with E-state index >= 15 is 0 Å². The fourth-order valence-electron chi connectivity index (χ4n) is 2.42. The van der Waals surface area contributed by atoms with E-state index in [2.05, 4.69) is 43.1 Å². The molecular formula is C18H21N5S2. The van der Waals surface area contributed by atoms with Crippen molar-refractivity contribution >= 4 is 28.6 Å². The van der Waals surface area contributed by atoms with Gasteiger partial charge in [0, 0.05) is 22.9 Å².